The van der Waals surface area contributed by atoms with E-state index in [2.05, 4.69) is 15.9 Å². The minimum atomic E-state index is -0.464. The van der Waals surface area contributed by atoms with E-state index in [-0.39, 0.29) is 29.8 Å². The van der Waals surface area contributed by atoms with E-state index in [0.29, 0.717) is 34.4 Å². The van der Waals surface area contributed by atoms with Crippen molar-refractivity contribution in [3.05, 3.63) is 68.8 Å². The van der Waals surface area contributed by atoms with Gasteiger partial charge in [-0.1, -0.05) is 37.1 Å². The lowest BCUT2D eigenvalue weighted by Gasteiger charge is -2.22. The standard InChI is InChI=1S/C25H24BrFN2O4S/c26-19-13-17(9-10-21(19)33-16-18-7-3-4-8-20(18)27)14-22-24(31)29(25(32)34-22)15-23(30)28-11-5-1-2-6-12-28/h3-4,7-10,13-14H,1-2,5-6,11-12,15-16H2. The lowest BCUT2D eigenvalue weighted by atomic mass is 10.2. The molecule has 0 unspecified atom stereocenters. The Morgan fingerprint density at radius 1 is 1.09 bits per heavy atom. The van der Waals surface area contributed by atoms with Gasteiger partial charge in [0.15, 0.2) is 0 Å². The van der Waals surface area contributed by atoms with Gasteiger partial charge in [0.05, 0.1) is 9.38 Å². The first kappa shape index (κ1) is 24.5. The number of carbonyl (C=O) groups excluding carboxylic acids is 3. The molecule has 6 nitrogen and oxygen atoms in total. The highest BCUT2D eigenvalue weighted by Crippen LogP contribution is 2.34. The van der Waals surface area contributed by atoms with Gasteiger partial charge in [0.2, 0.25) is 5.91 Å². The highest BCUT2D eigenvalue weighted by Gasteiger charge is 2.37. The monoisotopic (exact) mass is 546 g/mol. The molecule has 0 spiro atoms. The number of rotatable bonds is 6. The Balaban J connectivity index is 1.40. The van der Waals surface area contributed by atoms with Crippen molar-refractivity contribution in [2.24, 2.45) is 0 Å². The Bertz CT molecular complexity index is 1130. The molecule has 34 heavy (non-hydrogen) atoms. The van der Waals surface area contributed by atoms with Crippen LogP contribution in [0.4, 0.5) is 9.18 Å². The van der Waals surface area contributed by atoms with Crippen LogP contribution >= 0.6 is 27.7 Å². The van der Waals surface area contributed by atoms with Crippen LogP contribution in [0.15, 0.2) is 51.8 Å². The number of hydrogen-bond donors (Lipinski definition) is 0. The van der Waals surface area contributed by atoms with Gasteiger partial charge in [0.25, 0.3) is 11.1 Å². The Morgan fingerprint density at radius 2 is 1.82 bits per heavy atom. The molecule has 2 saturated heterocycles. The first-order valence-corrected chi connectivity index (χ1v) is 12.7. The van der Waals surface area contributed by atoms with Crippen molar-refractivity contribution in [2.75, 3.05) is 19.6 Å². The maximum atomic E-state index is 13.8. The van der Waals surface area contributed by atoms with Gasteiger partial charge in [-0.2, -0.15) is 0 Å². The SMILES string of the molecule is O=C(CN1C(=O)SC(=Cc2ccc(OCc3ccccc3F)c(Br)c2)C1=O)N1CCCCCC1. The first-order chi connectivity index (χ1) is 16.4. The average molecular weight is 547 g/mol. The smallest absolute Gasteiger partial charge is 0.294 e. The highest BCUT2D eigenvalue weighted by molar-refractivity contribution is 9.10. The Labute approximate surface area is 210 Å². The lowest BCUT2D eigenvalue weighted by Crippen LogP contribution is -2.42. The summed E-state index contributed by atoms with van der Waals surface area (Å²) in [5.41, 5.74) is 1.14. The molecular formula is C25H24BrFN2O4S. The number of ether oxygens (including phenoxy) is 1. The van der Waals surface area contributed by atoms with E-state index < -0.39 is 11.1 Å². The third kappa shape index (κ3) is 5.88. The summed E-state index contributed by atoms with van der Waals surface area (Å²) in [5.74, 6) is -0.462. The quantitative estimate of drug-likeness (QED) is 0.441. The van der Waals surface area contributed by atoms with Gasteiger partial charge in [-0.05, 0) is 70.4 Å². The van der Waals surface area contributed by atoms with Crippen molar-refractivity contribution in [3.8, 4) is 5.75 Å². The minimum Gasteiger partial charge on any atom is -0.488 e. The second kappa shape index (κ2) is 11.2. The van der Waals surface area contributed by atoms with Gasteiger partial charge < -0.3 is 9.64 Å². The van der Waals surface area contributed by atoms with E-state index in [1.54, 1.807) is 47.4 Å². The van der Waals surface area contributed by atoms with E-state index in [1.807, 2.05) is 0 Å². The first-order valence-electron chi connectivity index (χ1n) is 11.1. The highest BCUT2D eigenvalue weighted by atomic mass is 79.9. The van der Waals surface area contributed by atoms with Gasteiger partial charge in [-0.15, -0.1) is 0 Å². The molecule has 2 aliphatic heterocycles. The van der Waals surface area contributed by atoms with E-state index in [4.69, 9.17) is 4.74 Å². The van der Waals surface area contributed by atoms with Crippen LogP contribution in [0.25, 0.3) is 6.08 Å². The van der Waals surface area contributed by atoms with Gasteiger partial charge in [-0.3, -0.25) is 19.3 Å². The third-order valence-corrected chi connectivity index (χ3v) is 7.25. The van der Waals surface area contributed by atoms with E-state index in [1.165, 1.54) is 6.07 Å². The Hall–Kier alpha value is -2.65. The van der Waals surface area contributed by atoms with Crippen LogP contribution in [0.5, 0.6) is 5.75 Å². The van der Waals surface area contributed by atoms with Gasteiger partial charge in [-0.25, -0.2) is 4.39 Å². The number of benzene rings is 2. The summed E-state index contributed by atoms with van der Waals surface area (Å²) < 4.78 is 20.1. The predicted octanol–water partition coefficient (Wildman–Crippen LogP) is 5.61. The molecule has 2 aromatic carbocycles. The van der Waals surface area contributed by atoms with Crippen molar-refractivity contribution in [1.29, 1.82) is 0 Å². The number of nitrogens with zero attached hydrogens (tertiary/aromatic N) is 2. The maximum absolute atomic E-state index is 13.8. The number of thioether (sulfide) groups is 1. The zero-order valence-corrected chi connectivity index (χ0v) is 20.9. The summed E-state index contributed by atoms with van der Waals surface area (Å²) >= 11 is 4.27. The molecule has 178 valence electrons. The summed E-state index contributed by atoms with van der Waals surface area (Å²) in [7, 11) is 0. The van der Waals surface area contributed by atoms with Crippen molar-refractivity contribution >= 4 is 50.8 Å². The van der Waals surface area contributed by atoms with E-state index in [0.717, 1.165) is 42.3 Å². The third-order valence-electron chi connectivity index (χ3n) is 5.72. The summed E-state index contributed by atoms with van der Waals surface area (Å²) in [6.07, 6.45) is 5.70. The molecular weight excluding hydrogens is 523 g/mol. The molecule has 3 amide bonds. The maximum Gasteiger partial charge on any atom is 0.294 e. The normalized spacial score (nSPS) is 17.9. The summed E-state index contributed by atoms with van der Waals surface area (Å²) in [6, 6.07) is 11.6. The fourth-order valence-corrected chi connectivity index (χ4v) is 5.19. The zero-order valence-electron chi connectivity index (χ0n) is 18.5. The Kier molecular flexibility index (Phi) is 8.05. The second-order valence-corrected chi connectivity index (χ2v) is 9.98. The summed E-state index contributed by atoms with van der Waals surface area (Å²) in [6.45, 7) is 1.19. The number of imide groups is 1. The van der Waals surface area contributed by atoms with Crippen molar-refractivity contribution in [2.45, 2.75) is 32.3 Å². The number of hydrogen-bond acceptors (Lipinski definition) is 5. The van der Waals surface area contributed by atoms with Crippen molar-refractivity contribution in [1.82, 2.24) is 9.80 Å². The molecule has 4 rings (SSSR count). The van der Waals surface area contributed by atoms with E-state index in [9.17, 15) is 18.8 Å². The van der Waals surface area contributed by atoms with Crippen LogP contribution in [0, 0.1) is 5.82 Å². The molecule has 2 aromatic rings. The topological polar surface area (TPSA) is 66.9 Å². The Morgan fingerprint density at radius 3 is 2.53 bits per heavy atom. The molecule has 0 bridgehead atoms. The van der Waals surface area contributed by atoms with E-state index >= 15 is 0 Å². The van der Waals surface area contributed by atoms with Crippen LogP contribution in [0.2, 0.25) is 0 Å². The fraction of sp³-hybridized carbons (Fsp3) is 0.320. The number of likely N-dealkylation sites (tertiary alicyclic amines) is 1. The molecule has 0 aliphatic carbocycles. The molecule has 0 saturated carbocycles. The number of amides is 3. The summed E-state index contributed by atoms with van der Waals surface area (Å²) in [4.78, 5) is 40.9. The molecule has 0 radical (unpaired) electrons. The predicted molar refractivity (Wildman–Crippen MR) is 133 cm³/mol. The lowest BCUT2D eigenvalue weighted by molar-refractivity contribution is -0.135. The van der Waals surface area contributed by atoms with Crippen LogP contribution in [-0.2, 0) is 16.2 Å². The van der Waals surface area contributed by atoms with Gasteiger partial charge in [0.1, 0.15) is 24.7 Å². The number of carbonyl (C=O) groups is 3. The van der Waals surface area contributed by atoms with Crippen molar-refractivity contribution < 1.29 is 23.5 Å². The molecule has 9 heteroatoms. The van der Waals surface area contributed by atoms with Crippen LogP contribution in [0.3, 0.4) is 0 Å². The minimum absolute atomic E-state index is 0.0779. The second-order valence-electron chi connectivity index (χ2n) is 8.13. The van der Waals surface area contributed by atoms with Crippen LogP contribution in [-0.4, -0.2) is 46.5 Å². The van der Waals surface area contributed by atoms with Crippen LogP contribution in [0.1, 0.15) is 36.8 Å². The molecule has 0 N–H and O–H groups in total. The van der Waals surface area contributed by atoms with Crippen molar-refractivity contribution in [3.63, 3.8) is 0 Å². The van der Waals surface area contributed by atoms with Crippen LogP contribution < -0.4 is 4.74 Å². The van der Waals surface area contributed by atoms with Gasteiger partial charge in [0, 0.05) is 18.7 Å². The molecule has 0 atom stereocenters. The average Bonchev–Trinajstić information content (AvgIpc) is 3.01. The molecule has 2 fully saturated rings. The summed E-state index contributed by atoms with van der Waals surface area (Å²) in [5, 5.41) is -0.441. The fourth-order valence-electron chi connectivity index (χ4n) is 3.84. The largest absolute Gasteiger partial charge is 0.488 e. The zero-order chi connectivity index (χ0) is 24.1. The molecule has 0 aromatic heterocycles. The van der Waals surface area contributed by atoms with Gasteiger partial charge >= 0.3 is 0 Å². The number of halogens is 2. The molecule has 2 heterocycles. The molecule has 2 aliphatic rings.